The Morgan fingerprint density at radius 3 is 2.44 bits per heavy atom. The average molecular weight is 354 g/mol. The fraction of sp³-hybridized carbons (Fsp3) is 0.444. The summed E-state index contributed by atoms with van der Waals surface area (Å²) in [5.74, 6) is -0.544. The van der Waals surface area contributed by atoms with Crippen LogP contribution in [0.2, 0.25) is 0 Å². The van der Waals surface area contributed by atoms with Gasteiger partial charge in [0.2, 0.25) is 0 Å². The second-order valence-corrected chi connectivity index (χ2v) is 6.74. The Labute approximate surface area is 144 Å². The highest BCUT2D eigenvalue weighted by Crippen LogP contribution is 2.30. The van der Waals surface area contributed by atoms with Gasteiger partial charge in [-0.3, -0.25) is 4.68 Å². The van der Waals surface area contributed by atoms with Crippen LogP contribution in [-0.4, -0.2) is 22.4 Å². The summed E-state index contributed by atoms with van der Waals surface area (Å²) in [5.41, 5.74) is 0.266. The van der Waals surface area contributed by atoms with Crippen molar-refractivity contribution in [1.29, 1.82) is 0 Å². The number of aromatic nitrogens is 2. The molecule has 0 unspecified atom stereocenters. The predicted molar refractivity (Wildman–Crippen MR) is 87.4 cm³/mol. The van der Waals surface area contributed by atoms with E-state index in [2.05, 4.69) is 5.10 Å². The largest absolute Gasteiger partial charge is 0.461 e. The van der Waals surface area contributed by atoms with E-state index < -0.39 is 17.7 Å². The molecule has 0 bridgehead atoms. The lowest BCUT2D eigenvalue weighted by Gasteiger charge is -2.14. The fourth-order valence-electron chi connectivity index (χ4n) is 2.29. The van der Waals surface area contributed by atoms with Gasteiger partial charge in [0.05, 0.1) is 24.4 Å². The molecule has 0 saturated carbocycles. The number of hydrogen-bond donors (Lipinski definition) is 0. The van der Waals surface area contributed by atoms with Gasteiger partial charge in [0, 0.05) is 5.41 Å². The second-order valence-electron chi connectivity index (χ2n) is 6.74. The third kappa shape index (κ3) is 4.61. The molecule has 0 aliphatic carbocycles. The Bertz CT molecular complexity index is 758. The molecule has 25 heavy (non-hydrogen) atoms. The zero-order valence-electron chi connectivity index (χ0n) is 14.6. The van der Waals surface area contributed by atoms with Gasteiger partial charge < -0.3 is 4.74 Å². The van der Waals surface area contributed by atoms with Crippen LogP contribution in [0.1, 0.15) is 55.0 Å². The van der Waals surface area contributed by atoms with E-state index in [9.17, 15) is 18.0 Å². The highest BCUT2D eigenvalue weighted by atomic mass is 19.4. The Morgan fingerprint density at radius 1 is 1.20 bits per heavy atom. The molecular formula is C18H21F3N2O2. The third-order valence-corrected chi connectivity index (χ3v) is 3.62. The van der Waals surface area contributed by atoms with Crippen molar-refractivity contribution in [3.8, 4) is 0 Å². The van der Waals surface area contributed by atoms with E-state index in [1.54, 1.807) is 19.1 Å². The Balaban J connectivity index is 2.41. The van der Waals surface area contributed by atoms with Crippen LogP contribution in [0.25, 0.3) is 0 Å². The maximum atomic E-state index is 12.9. The lowest BCUT2D eigenvalue weighted by Crippen LogP contribution is -2.15. The number of carbonyl (C=O) groups excluding carboxylic acids is 1. The number of benzene rings is 1. The molecule has 1 aromatic heterocycles. The zero-order chi connectivity index (χ0) is 18.8. The molecule has 4 nitrogen and oxygen atoms in total. The van der Waals surface area contributed by atoms with Crippen molar-refractivity contribution >= 4 is 5.97 Å². The molecule has 2 aromatic rings. The molecule has 1 aromatic carbocycles. The number of rotatable bonds is 4. The number of esters is 1. The van der Waals surface area contributed by atoms with Crippen LogP contribution in [0.4, 0.5) is 13.2 Å². The molecule has 136 valence electrons. The van der Waals surface area contributed by atoms with Crippen LogP contribution in [0.3, 0.4) is 0 Å². The number of carbonyl (C=O) groups is 1. The molecule has 0 spiro atoms. The summed E-state index contributed by atoms with van der Waals surface area (Å²) in [6.45, 7) is 7.78. The smallest absolute Gasteiger partial charge is 0.416 e. The molecule has 7 heteroatoms. The van der Waals surface area contributed by atoms with E-state index in [0.717, 1.165) is 12.1 Å². The van der Waals surface area contributed by atoms with E-state index in [-0.39, 0.29) is 24.3 Å². The lowest BCUT2D eigenvalue weighted by atomic mass is 9.92. The number of hydrogen-bond acceptors (Lipinski definition) is 3. The topological polar surface area (TPSA) is 44.1 Å². The number of nitrogens with zero attached hydrogens (tertiary/aromatic N) is 2. The van der Waals surface area contributed by atoms with Crippen LogP contribution >= 0.6 is 0 Å². The average Bonchev–Trinajstić information content (AvgIpc) is 2.91. The first kappa shape index (κ1) is 19.0. The Kier molecular flexibility index (Phi) is 5.25. The summed E-state index contributed by atoms with van der Waals surface area (Å²) in [6, 6.07) is 6.62. The predicted octanol–water partition coefficient (Wildman–Crippen LogP) is 4.42. The molecule has 0 aliphatic rings. The van der Waals surface area contributed by atoms with Crippen molar-refractivity contribution in [3.63, 3.8) is 0 Å². The highest BCUT2D eigenvalue weighted by molar-refractivity contribution is 5.87. The van der Waals surface area contributed by atoms with Crippen molar-refractivity contribution in [2.24, 2.45) is 0 Å². The van der Waals surface area contributed by atoms with E-state index in [4.69, 9.17) is 4.74 Å². The van der Waals surface area contributed by atoms with E-state index in [0.29, 0.717) is 11.3 Å². The third-order valence-electron chi connectivity index (χ3n) is 3.62. The van der Waals surface area contributed by atoms with Gasteiger partial charge in [-0.25, -0.2) is 4.79 Å². The number of ether oxygens (including phenoxy) is 1. The van der Waals surface area contributed by atoms with Crippen molar-refractivity contribution in [3.05, 3.63) is 52.8 Å². The van der Waals surface area contributed by atoms with Crippen LogP contribution in [-0.2, 0) is 22.9 Å². The molecule has 0 fully saturated rings. The second kappa shape index (κ2) is 6.90. The minimum atomic E-state index is -4.42. The van der Waals surface area contributed by atoms with Crippen LogP contribution < -0.4 is 0 Å². The van der Waals surface area contributed by atoms with Crippen molar-refractivity contribution in [1.82, 2.24) is 9.78 Å². The first-order chi connectivity index (χ1) is 11.5. The lowest BCUT2D eigenvalue weighted by molar-refractivity contribution is -0.137. The molecule has 0 atom stereocenters. The Morgan fingerprint density at radius 2 is 1.88 bits per heavy atom. The molecular weight excluding hydrogens is 333 g/mol. The van der Waals surface area contributed by atoms with Crippen molar-refractivity contribution in [2.45, 2.75) is 45.8 Å². The summed E-state index contributed by atoms with van der Waals surface area (Å²) in [5, 5.41) is 4.41. The first-order valence-corrected chi connectivity index (χ1v) is 7.94. The maximum Gasteiger partial charge on any atom is 0.416 e. The Hall–Kier alpha value is -2.31. The molecule has 0 amide bonds. The van der Waals surface area contributed by atoms with E-state index >= 15 is 0 Å². The van der Waals surface area contributed by atoms with Gasteiger partial charge in [-0.05, 0) is 30.7 Å². The summed E-state index contributed by atoms with van der Waals surface area (Å²) in [6.07, 6.45) is -4.42. The molecule has 0 radical (unpaired) electrons. The highest BCUT2D eigenvalue weighted by Gasteiger charge is 2.30. The van der Waals surface area contributed by atoms with Gasteiger partial charge in [-0.1, -0.05) is 32.9 Å². The van der Waals surface area contributed by atoms with Gasteiger partial charge in [-0.15, -0.1) is 0 Å². The van der Waals surface area contributed by atoms with Crippen LogP contribution in [0.5, 0.6) is 0 Å². The minimum absolute atomic E-state index is 0.0497. The first-order valence-electron chi connectivity index (χ1n) is 7.94. The van der Waals surface area contributed by atoms with E-state index in [1.165, 1.54) is 10.7 Å². The minimum Gasteiger partial charge on any atom is -0.461 e. The van der Waals surface area contributed by atoms with Gasteiger partial charge in [0.1, 0.15) is 5.69 Å². The van der Waals surface area contributed by atoms with Crippen LogP contribution in [0.15, 0.2) is 30.3 Å². The van der Waals surface area contributed by atoms with Gasteiger partial charge in [0.15, 0.2) is 0 Å². The summed E-state index contributed by atoms with van der Waals surface area (Å²) < 4.78 is 45.1. The number of alkyl halides is 3. The van der Waals surface area contributed by atoms with Gasteiger partial charge >= 0.3 is 12.1 Å². The maximum absolute atomic E-state index is 12.9. The van der Waals surface area contributed by atoms with Crippen molar-refractivity contribution in [2.75, 3.05) is 6.61 Å². The normalized spacial score (nSPS) is 12.3. The van der Waals surface area contributed by atoms with Gasteiger partial charge in [0.25, 0.3) is 0 Å². The molecule has 0 aliphatic heterocycles. The standard InChI is InChI=1S/C18H21F3N2O2/c1-5-25-16(24)14-10-15(17(2,3)4)22-23(14)11-12-7-6-8-13(9-12)18(19,20)21/h6-10H,5,11H2,1-4H3. The monoisotopic (exact) mass is 354 g/mol. The van der Waals surface area contributed by atoms with Crippen LogP contribution in [0, 0.1) is 0 Å². The molecule has 0 N–H and O–H groups in total. The fourth-order valence-corrected chi connectivity index (χ4v) is 2.29. The summed E-state index contributed by atoms with van der Waals surface area (Å²) in [7, 11) is 0. The van der Waals surface area contributed by atoms with E-state index in [1.807, 2.05) is 20.8 Å². The zero-order valence-corrected chi connectivity index (χ0v) is 14.6. The quantitative estimate of drug-likeness (QED) is 0.763. The SMILES string of the molecule is CCOC(=O)c1cc(C(C)(C)C)nn1Cc1cccc(C(F)(F)F)c1. The molecule has 1 heterocycles. The molecule has 2 rings (SSSR count). The molecule has 0 saturated heterocycles. The van der Waals surface area contributed by atoms with Crippen molar-refractivity contribution < 1.29 is 22.7 Å². The number of halogens is 3. The summed E-state index contributed by atoms with van der Waals surface area (Å²) >= 11 is 0. The summed E-state index contributed by atoms with van der Waals surface area (Å²) in [4.78, 5) is 12.2. The van der Waals surface area contributed by atoms with Gasteiger partial charge in [-0.2, -0.15) is 18.3 Å².